The van der Waals surface area contributed by atoms with Gasteiger partial charge in [0.2, 0.25) is 0 Å². The van der Waals surface area contributed by atoms with Gasteiger partial charge in [0.05, 0.1) is 35.6 Å². The molecule has 2 aromatic heterocycles. The number of hydrogen-bond donors (Lipinski definition) is 0. The minimum atomic E-state index is -0.394. The van der Waals surface area contributed by atoms with E-state index < -0.39 is 5.82 Å². The third kappa shape index (κ3) is 3.87. The summed E-state index contributed by atoms with van der Waals surface area (Å²) in [6.45, 7) is 1.98. The lowest BCUT2D eigenvalue weighted by molar-refractivity contribution is 0.0452. The third-order valence-electron chi connectivity index (χ3n) is 8.07. The topological polar surface area (TPSA) is 63.0 Å². The number of nitrogens with zero attached hydrogens (tertiary/aromatic N) is 5. The number of ether oxygens (including phenoxy) is 1. The molecule has 182 valence electrons. The molecule has 3 aromatic rings. The Hall–Kier alpha value is -2.71. The molecule has 1 amide bonds. The predicted molar refractivity (Wildman–Crippen MR) is 128 cm³/mol. The molecular weight excluding hydrogens is 469 g/mol. The van der Waals surface area contributed by atoms with Crippen molar-refractivity contribution in [2.45, 2.75) is 69.8 Å². The molecule has 4 aliphatic rings. The summed E-state index contributed by atoms with van der Waals surface area (Å²) in [4.78, 5) is 22.3. The molecule has 2 bridgehead atoms. The van der Waals surface area contributed by atoms with E-state index in [1.165, 1.54) is 44.4 Å². The highest BCUT2D eigenvalue weighted by Gasteiger charge is 2.43. The summed E-state index contributed by atoms with van der Waals surface area (Å²) >= 11 is 6.03. The molecule has 2 saturated heterocycles. The van der Waals surface area contributed by atoms with Crippen LogP contribution in [0.3, 0.4) is 0 Å². The second-order valence-electron chi connectivity index (χ2n) is 10.5. The highest BCUT2D eigenvalue weighted by Crippen LogP contribution is 2.41. The van der Waals surface area contributed by atoms with E-state index in [-0.39, 0.29) is 12.0 Å². The fraction of sp³-hybridized carbons (Fsp3) is 0.500. The second-order valence-corrected chi connectivity index (χ2v) is 10.9. The molecule has 1 saturated carbocycles. The normalized spacial score (nSPS) is 25.9. The number of benzene rings is 1. The Labute approximate surface area is 207 Å². The average molecular weight is 496 g/mol. The van der Waals surface area contributed by atoms with Gasteiger partial charge < -0.3 is 9.64 Å². The van der Waals surface area contributed by atoms with Crippen LogP contribution in [0.2, 0.25) is 5.02 Å². The smallest absolute Gasteiger partial charge is 0.258 e. The maximum absolute atomic E-state index is 14.2. The first-order valence-electron chi connectivity index (χ1n) is 12.5. The van der Waals surface area contributed by atoms with Crippen LogP contribution in [-0.2, 0) is 13.1 Å². The van der Waals surface area contributed by atoms with E-state index in [1.807, 2.05) is 0 Å². The van der Waals surface area contributed by atoms with Crippen molar-refractivity contribution >= 4 is 23.2 Å². The van der Waals surface area contributed by atoms with Gasteiger partial charge in [-0.1, -0.05) is 11.6 Å². The predicted octanol–water partition coefficient (Wildman–Crippen LogP) is 4.46. The van der Waals surface area contributed by atoms with Crippen LogP contribution >= 0.6 is 11.6 Å². The van der Waals surface area contributed by atoms with E-state index in [1.54, 1.807) is 27.9 Å². The summed E-state index contributed by atoms with van der Waals surface area (Å²) in [5.74, 6) is 0.648. The Balaban J connectivity index is 1.09. The number of rotatable bonds is 5. The molecule has 3 aliphatic heterocycles. The van der Waals surface area contributed by atoms with Crippen LogP contribution < -0.4 is 4.74 Å². The Morgan fingerprint density at radius 2 is 1.94 bits per heavy atom. The number of aromatic nitrogens is 3. The van der Waals surface area contributed by atoms with Crippen LogP contribution in [0.4, 0.5) is 4.39 Å². The fourth-order valence-electron chi connectivity index (χ4n) is 6.20. The highest BCUT2D eigenvalue weighted by atomic mass is 35.5. The molecule has 3 atom stereocenters. The molecule has 1 aromatic carbocycles. The van der Waals surface area contributed by atoms with Crippen molar-refractivity contribution in [2.24, 2.45) is 5.92 Å². The molecule has 5 heterocycles. The number of carbonyl (C=O) groups excluding carboxylic acids is 1. The van der Waals surface area contributed by atoms with Gasteiger partial charge in [-0.25, -0.2) is 13.9 Å². The number of halogens is 2. The molecule has 3 fully saturated rings. The average Bonchev–Trinajstić information content (AvgIpc) is 3.39. The highest BCUT2D eigenvalue weighted by molar-refractivity contribution is 6.30. The summed E-state index contributed by atoms with van der Waals surface area (Å²) in [6.07, 6.45) is 10.3. The van der Waals surface area contributed by atoms with Crippen LogP contribution in [0, 0.1) is 11.7 Å². The monoisotopic (exact) mass is 495 g/mol. The molecule has 0 radical (unpaired) electrons. The Kier molecular flexibility index (Phi) is 5.03. The van der Waals surface area contributed by atoms with E-state index in [2.05, 4.69) is 15.0 Å². The molecule has 0 N–H and O–H groups in total. The summed E-state index contributed by atoms with van der Waals surface area (Å²) in [5, 5.41) is 5.05. The standard InChI is InChI=1S/C26H27ClFN5O2/c27-16-10-29-25-22-13-31(14-23(22)30-33(25)12-16)26(34)21-6-3-17(28)7-24(21)35-20-8-18-4-5-19(9-20)32(18)11-15-1-2-15/h3,6-7,10,12,15,18-20H,1-2,4-5,8-9,11,13-14H2/t18-,19+,20?. The molecule has 7 nitrogen and oxygen atoms in total. The van der Waals surface area contributed by atoms with Crippen LogP contribution in [0.5, 0.6) is 5.75 Å². The van der Waals surface area contributed by atoms with Gasteiger partial charge in [0.25, 0.3) is 5.91 Å². The zero-order valence-corrected chi connectivity index (χ0v) is 20.1. The zero-order valence-electron chi connectivity index (χ0n) is 19.4. The summed E-state index contributed by atoms with van der Waals surface area (Å²) < 4.78 is 22.3. The number of carbonyl (C=O) groups is 1. The van der Waals surface area contributed by atoms with Gasteiger partial charge in [0.1, 0.15) is 17.7 Å². The fourth-order valence-corrected chi connectivity index (χ4v) is 6.34. The molecule has 0 spiro atoms. The SMILES string of the molecule is O=C(c1ccc(F)cc1OC1C[C@H]2CC[C@@H](C1)N2CC1CC1)N1Cc2nn3cc(Cl)cnc3c2C1. The summed E-state index contributed by atoms with van der Waals surface area (Å²) in [6, 6.07) is 5.32. The third-order valence-corrected chi connectivity index (χ3v) is 8.27. The lowest BCUT2D eigenvalue weighted by Gasteiger charge is -2.39. The van der Waals surface area contributed by atoms with Gasteiger partial charge in [-0.2, -0.15) is 5.10 Å². The van der Waals surface area contributed by atoms with Crippen molar-refractivity contribution in [2.75, 3.05) is 6.54 Å². The van der Waals surface area contributed by atoms with Crippen molar-refractivity contribution in [3.63, 3.8) is 0 Å². The van der Waals surface area contributed by atoms with E-state index in [4.69, 9.17) is 16.3 Å². The van der Waals surface area contributed by atoms with Crippen LogP contribution in [0.15, 0.2) is 30.6 Å². The lowest BCUT2D eigenvalue weighted by Crippen LogP contribution is -2.47. The molecule has 35 heavy (non-hydrogen) atoms. The van der Waals surface area contributed by atoms with Crippen LogP contribution in [0.1, 0.15) is 60.1 Å². The molecule has 1 aliphatic carbocycles. The van der Waals surface area contributed by atoms with E-state index in [0.29, 0.717) is 47.2 Å². The molecular formula is C26H27ClFN5O2. The van der Waals surface area contributed by atoms with Gasteiger partial charge in [0, 0.05) is 36.5 Å². The first-order chi connectivity index (χ1) is 17.0. The maximum atomic E-state index is 14.2. The molecule has 1 unspecified atom stereocenters. The van der Waals surface area contributed by atoms with Crippen molar-refractivity contribution in [1.29, 1.82) is 0 Å². The van der Waals surface area contributed by atoms with Gasteiger partial charge in [-0.05, 0) is 56.6 Å². The molecule has 9 heteroatoms. The van der Waals surface area contributed by atoms with Crippen molar-refractivity contribution in [1.82, 2.24) is 24.4 Å². The van der Waals surface area contributed by atoms with E-state index in [0.717, 1.165) is 30.0 Å². The summed E-state index contributed by atoms with van der Waals surface area (Å²) in [7, 11) is 0. The number of fused-ring (bicyclic) bond motifs is 5. The first-order valence-corrected chi connectivity index (χ1v) is 12.9. The number of piperidine rings is 1. The zero-order chi connectivity index (χ0) is 23.7. The van der Waals surface area contributed by atoms with E-state index >= 15 is 0 Å². The van der Waals surface area contributed by atoms with Crippen LogP contribution in [-0.4, -0.2) is 55.0 Å². The van der Waals surface area contributed by atoms with Crippen molar-refractivity contribution in [3.05, 3.63) is 58.3 Å². The second kappa shape index (κ2) is 8.17. The van der Waals surface area contributed by atoms with E-state index in [9.17, 15) is 9.18 Å². The maximum Gasteiger partial charge on any atom is 0.258 e. The Morgan fingerprint density at radius 1 is 1.14 bits per heavy atom. The Morgan fingerprint density at radius 3 is 2.71 bits per heavy atom. The van der Waals surface area contributed by atoms with Gasteiger partial charge >= 0.3 is 0 Å². The van der Waals surface area contributed by atoms with Gasteiger partial charge in [0.15, 0.2) is 5.65 Å². The summed E-state index contributed by atoms with van der Waals surface area (Å²) in [5.41, 5.74) is 2.82. The number of hydrogen-bond acceptors (Lipinski definition) is 5. The lowest BCUT2D eigenvalue weighted by atomic mass is 9.99. The van der Waals surface area contributed by atoms with Gasteiger partial charge in [-0.15, -0.1) is 0 Å². The van der Waals surface area contributed by atoms with Crippen molar-refractivity contribution < 1.29 is 13.9 Å². The van der Waals surface area contributed by atoms with Crippen molar-refractivity contribution in [3.8, 4) is 5.75 Å². The minimum absolute atomic E-state index is 0.00485. The quantitative estimate of drug-likeness (QED) is 0.523. The first kappa shape index (κ1) is 21.6. The Bertz CT molecular complexity index is 1310. The van der Waals surface area contributed by atoms with Crippen LogP contribution in [0.25, 0.3) is 5.65 Å². The van der Waals surface area contributed by atoms with Gasteiger partial charge in [-0.3, -0.25) is 9.69 Å². The number of amides is 1. The largest absolute Gasteiger partial charge is 0.489 e. The minimum Gasteiger partial charge on any atom is -0.489 e. The molecule has 7 rings (SSSR count).